The highest BCUT2D eigenvalue weighted by Gasteiger charge is 2.17. The molecule has 0 bridgehead atoms. The van der Waals surface area contributed by atoms with Crippen LogP contribution in [0.4, 0.5) is 11.5 Å². The minimum atomic E-state index is -0.0608. The molecule has 1 amide bonds. The van der Waals surface area contributed by atoms with Crippen LogP contribution < -0.4 is 20.1 Å². The van der Waals surface area contributed by atoms with Crippen molar-refractivity contribution < 1.29 is 19.0 Å². The Bertz CT molecular complexity index is 1070. The minimum absolute atomic E-state index is 0.0608. The molecular formula is C23H26N4O4S. The summed E-state index contributed by atoms with van der Waals surface area (Å²) in [5.74, 6) is 2.16. The van der Waals surface area contributed by atoms with Gasteiger partial charge in [0.1, 0.15) is 17.3 Å². The maximum absolute atomic E-state index is 12.3. The quantitative estimate of drug-likeness (QED) is 0.373. The summed E-state index contributed by atoms with van der Waals surface area (Å²) in [7, 11) is 3.22. The number of benzene rings is 2. The van der Waals surface area contributed by atoms with Crippen LogP contribution in [-0.2, 0) is 9.53 Å². The van der Waals surface area contributed by atoms with Crippen molar-refractivity contribution in [3.8, 4) is 11.5 Å². The Labute approximate surface area is 191 Å². The molecule has 1 unspecified atom stereocenters. The Kier molecular flexibility index (Phi) is 7.28. The fraction of sp³-hybridized carbons (Fsp3) is 0.348. The van der Waals surface area contributed by atoms with Crippen LogP contribution in [0.2, 0.25) is 0 Å². The van der Waals surface area contributed by atoms with Gasteiger partial charge < -0.3 is 24.8 Å². The average Bonchev–Trinajstić information content (AvgIpc) is 3.35. The topological polar surface area (TPSA) is 94.6 Å². The van der Waals surface area contributed by atoms with Gasteiger partial charge in [0.05, 0.1) is 31.6 Å². The van der Waals surface area contributed by atoms with Gasteiger partial charge in [-0.05, 0) is 25.0 Å². The third kappa shape index (κ3) is 5.60. The number of nitrogens with one attached hydrogen (secondary N) is 2. The summed E-state index contributed by atoms with van der Waals surface area (Å²) in [6.45, 7) is 1.32. The molecule has 32 heavy (non-hydrogen) atoms. The van der Waals surface area contributed by atoms with Crippen LogP contribution in [-0.4, -0.2) is 55.1 Å². The van der Waals surface area contributed by atoms with Crippen molar-refractivity contribution in [2.45, 2.75) is 24.1 Å². The molecule has 0 spiro atoms. The second-order valence-corrected chi connectivity index (χ2v) is 8.27. The number of rotatable bonds is 9. The lowest BCUT2D eigenvalue weighted by Gasteiger charge is -2.13. The number of methoxy groups -OCH3 is 2. The molecule has 1 aliphatic rings. The van der Waals surface area contributed by atoms with Gasteiger partial charge in [0.25, 0.3) is 0 Å². The number of amides is 1. The summed E-state index contributed by atoms with van der Waals surface area (Å²) in [6.07, 6.45) is 2.16. The van der Waals surface area contributed by atoms with Crippen LogP contribution in [0.25, 0.3) is 10.9 Å². The molecule has 1 aliphatic heterocycles. The Balaban J connectivity index is 1.50. The molecule has 168 valence electrons. The van der Waals surface area contributed by atoms with Gasteiger partial charge in [-0.3, -0.25) is 4.79 Å². The number of ether oxygens (including phenoxy) is 3. The van der Waals surface area contributed by atoms with Gasteiger partial charge in [-0.2, -0.15) is 0 Å². The van der Waals surface area contributed by atoms with Crippen LogP contribution in [0, 0.1) is 0 Å². The summed E-state index contributed by atoms with van der Waals surface area (Å²) >= 11 is 1.30. The number of hydrogen-bond acceptors (Lipinski definition) is 8. The lowest BCUT2D eigenvalue weighted by molar-refractivity contribution is -0.119. The van der Waals surface area contributed by atoms with Crippen molar-refractivity contribution in [2.24, 2.45) is 0 Å². The standard InChI is InChI=1S/C23H26N4O4S/c1-29-17-10-15(11-18(12-17)30-2)25-22-19-7-3-4-8-20(19)26-23(27-22)32-14-21(28)24-13-16-6-5-9-31-16/h3-4,7-8,10-12,16H,5-6,9,13-14H2,1-2H3,(H,24,28)(H,25,26,27). The van der Waals surface area contributed by atoms with Gasteiger partial charge in [0.2, 0.25) is 5.91 Å². The molecular weight excluding hydrogens is 428 g/mol. The Morgan fingerprint density at radius 3 is 2.66 bits per heavy atom. The van der Waals surface area contributed by atoms with E-state index in [1.54, 1.807) is 20.3 Å². The molecule has 2 N–H and O–H groups in total. The van der Waals surface area contributed by atoms with Gasteiger partial charge in [0, 0.05) is 42.4 Å². The smallest absolute Gasteiger partial charge is 0.230 e. The molecule has 9 heteroatoms. The first-order valence-electron chi connectivity index (χ1n) is 10.4. The van der Waals surface area contributed by atoms with E-state index >= 15 is 0 Å². The lowest BCUT2D eigenvalue weighted by atomic mass is 10.2. The molecule has 2 aromatic carbocycles. The van der Waals surface area contributed by atoms with Crippen LogP contribution in [0.5, 0.6) is 11.5 Å². The maximum Gasteiger partial charge on any atom is 0.230 e. The minimum Gasteiger partial charge on any atom is -0.497 e. The highest BCUT2D eigenvalue weighted by molar-refractivity contribution is 7.99. The van der Waals surface area contributed by atoms with Crippen LogP contribution in [0.15, 0.2) is 47.6 Å². The second kappa shape index (κ2) is 10.5. The molecule has 0 saturated carbocycles. The number of fused-ring (bicyclic) bond motifs is 1. The van der Waals surface area contributed by atoms with E-state index in [1.807, 2.05) is 36.4 Å². The number of carbonyl (C=O) groups excluding carboxylic acids is 1. The molecule has 8 nitrogen and oxygen atoms in total. The van der Waals surface area contributed by atoms with E-state index < -0.39 is 0 Å². The van der Waals surface area contributed by atoms with E-state index in [0.717, 1.165) is 36.0 Å². The molecule has 1 fully saturated rings. The van der Waals surface area contributed by atoms with Crippen molar-refractivity contribution in [3.63, 3.8) is 0 Å². The SMILES string of the molecule is COc1cc(Nc2nc(SCC(=O)NCC3CCCO3)nc3ccccc23)cc(OC)c1. The second-order valence-electron chi connectivity index (χ2n) is 7.33. The van der Waals surface area contributed by atoms with Crippen molar-refractivity contribution in [3.05, 3.63) is 42.5 Å². The summed E-state index contributed by atoms with van der Waals surface area (Å²) < 4.78 is 16.3. The average molecular weight is 455 g/mol. The highest BCUT2D eigenvalue weighted by atomic mass is 32.2. The number of hydrogen-bond donors (Lipinski definition) is 2. The van der Waals surface area contributed by atoms with Crippen LogP contribution in [0.3, 0.4) is 0 Å². The Morgan fingerprint density at radius 2 is 1.94 bits per heavy atom. The Morgan fingerprint density at radius 1 is 1.16 bits per heavy atom. The zero-order valence-electron chi connectivity index (χ0n) is 18.1. The van der Waals surface area contributed by atoms with Gasteiger partial charge in [-0.1, -0.05) is 23.9 Å². The summed E-state index contributed by atoms with van der Waals surface area (Å²) in [5.41, 5.74) is 1.57. The summed E-state index contributed by atoms with van der Waals surface area (Å²) in [6, 6.07) is 13.3. The monoisotopic (exact) mass is 454 g/mol. The molecule has 1 saturated heterocycles. The molecule has 0 aliphatic carbocycles. The van der Waals surface area contributed by atoms with E-state index in [2.05, 4.69) is 20.6 Å². The molecule has 0 radical (unpaired) electrons. The number of carbonyl (C=O) groups is 1. The zero-order chi connectivity index (χ0) is 22.3. The number of para-hydroxylation sites is 1. The van der Waals surface area contributed by atoms with Crippen molar-refractivity contribution in [1.29, 1.82) is 0 Å². The number of aromatic nitrogens is 2. The number of nitrogens with zero attached hydrogens (tertiary/aromatic N) is 2. The van der Waals surface area contributed by atoms with E-state index in [9.17, 15) is 4.79 Å². The van der Waals surface area contributed by atoms with Crippen molar-refractivity contribution in [2.75, 3.05) is 38.4 Å². The van der Waals surface area contributed by atoms with E-state index in [0.29, 0.717) is 29.0 Å². The van der Waals surface area contributed by atoms with Crippen LogP contribution in [0.1, 0.15) is 12.8 Å². The first kappa shape index (κ1) is 22.2. The highest BCUT2D eigenvalue weighted by Crippen LogP contribution is 2.31. The molecule has 3 aromatic rings. The number of thioether (sulfide) groups is 1. The normalized spacial score (nSPS) is 15.5. The molecule has 1 atom stereocenters. The molecule has 2 heterocycles. The lowest BCUT2D eigenvalue weighted by Crippen LogP contribution is -2.32. The maximum atomic E-state index is 12.3. The van der Waals surface area contributed by atoms with Crippen LogP contribution >= 0.6 is 11.8 Å². The van der Waals surface area contributed by atoms with E-state index in [4.69, 9.17) is 14.2 Å². The molecule has 1 aromatic heterocycles. The van der Waals surface area contributed by atoms with E-state index in [1.165, 1.54) is 11.8 Å². The van der Waals surface area contributed by atoms with Crippen molar-refractivity contribution >= 4 is 40.1 Å². The third-order valence-electron chi connectivity index (χ3n) is 5.08. The zero-order valence-corrected chi connectivity index (χ0v) is 18.9. The largest absolute Gasteiger partial charge is 0.497 e. The van der Waals surface area contributed by atoms with Crippen molar-refractivity contribution in [1.82, 2.24) is 15.3 Å². The van der Waals surface area contributed by atoms with Gasteiger partial charge >= 0.3 is 0 Å². The van der Waals surface area contributed by atoms with Gasteiger partial charge in [0.15, 0.2) is 5.16 Å². The first-order valence-corrected chi connectivity index (χ1v) is 11.4. The fourth-order valence-corrected chi connectivity index (χ4v) is 4.13. The summed E-state index contributed by atoms with van der Waals surface area (Å²) in [4.78, 5) is 21.6. The fourth-order valence-electron chi connectivity index (χ4n) is 3.45. The predicted octanol–water partition coefficient (Wildman–Crippen LogP) is 3.78. The van der Waals surface area contributed by atoms with Gasteiger partial charge in [-0.15, -0.1) is 0 Å². The number of anilines is 2. The third-order valence-corrected chi connectivity index (χ3v) is 5.93. The van der Waals surface area contributed by atoms with E-state index in [-0.39, 0.29) is 17.8 Å². The molecule has 4 rings (SSSR count). The Hall–Kier alpha value is -3.04. The predicted molar refractivity (Wildman–Crippen MR) is 125 cm³/mol. The summed E-state index contributed by atoms with van der Waals surface area (Å²) in [5, 5.41) is 7.67. The first-order chi connectivity index (χ1) is 15.6. The van der Waals surface area contributed by atoms with Gasteiger partial charge in [-0.25, -0.2) is 9.97 Å².